The molecular weight excluding hydrogens is 401 g/mol. The Morgan fingerprint density at radius 1 is 0.931 bits per heavy atom. The summed E-state index contributed by atoms with van der Waals surface area (Å²) in [5, 5.41) is 3.86. The fourth-order valence-electron chi connectivity index (χ4n) is 2.57. The van der Waals surface area contributed by atoms with Crippen LogP contribution in [0.25, 0.3) is 10.9 Å². The molecule has 0 amide bonds. The van der Waals surface area contributed by atoms with Crippen molar-refractivity contribution >= 4 is 34.0 Å². The summed E-state index contributed by atoms with van der Waals surface area (Å²) in [6.07, 6.45) is 1.43. The summed E-state index contributed by atoms with van der Waals surface area (Å²) in [6.45, 7) is 1.59. The molecule has 0 spiro atoms. The van der Waals surface area contributed by atoms with Gasteiger partial charge in [0.15, 0.2) is 11.5 Å². The highest BCUT2D eigenvalue weighted by molar-refractivity contribution is 6.31. The highest BCUT2D eigenvalue weighted by Gasteiger charge is 2.13. The molecule has 0 unspecified atom stereocenters. The van der Waals surface area contributed by atoms with Crippen molar-refractivity contribution in [2.24, 2.45) is 0 Å². The van der Waals surface area contributed by atoms with Gasteiger partial charge in [-0.15, -0.1) is 0 Å². The lowest BCUT2D eigenvalue weighted by Crippen LogP contribution is -2.09. The summed E-state index contributed by atoms with van der Waals surface area (Å²) in [6, 6.07) is 7.92. The molecular formula is C20H21ClFN3O4. The van der Waals surface area contributed by atoms with Crippen molar-refractivity contribution < 1.29 is 23.3 Å². The zero-order valence-corrected chi connectivity index (χ0v) is 16.8. The first-order valence-corrected chi connectivity index (χ1v) is 9.24. The predicted octanol–water partition coefficient (Wildman–Crippen LogP) is 4.22. The smallest absolute Gasteiger partial charge is 0.163 e. The molecule has 3 rings (SSSR count). The first-order valence-electron chi connectivity index (χ1n) is 8.86. The predicted molar refractivity (Wildman–Crippen MR) is 109 cm³/mol. The Balaban J connectivity index is 1.95. The summed E-state index contributed by atoms with van der Waals surface area (Å²) in [4.78, 5) is 8.61. The van der Waals surface area contributed by atoms with Crippen LogP contribution >= 0.6 is 11.6 Å². The average molecular weight is 422 g/mol. The third-order valence-corrected chi connectivity index (χ3v) is 4.26. The molecule has 9 heteroatoms. The van der Waals surface area contributed by atoms with Crippen LogP contribution < -0.4 is 14.8 Å². The molecule has 0 radical (unpaired) electrons. The van der Waals surface area contributed by atoms with Gasteiger partial charge in [0.2, 0.25) is 0 Å². The molecule has 154 valence electrons. The number of fused-ring (bicyclic) bond motifs is 1. The molecule has 0 saturated carbocycles. The van der Waals surface area contributed by atoms with Crippen LogP contribution in [-0.2, 0) is 9.47 Å². The SMILES string of the molecule is COCCOc1cc2ncnc(Nc3ccc(F)c(Cl)c3)c2cc1OCCOC. The molecule has 29 heavy (non-hydrogen) atoms. The quantitative estimate of drug-likeness (QED) is 0.491. The van der Waals surface area contributed by atoms with Crippen LogP contribution in [0.4, 0.5) is 15.9 Å². The van der Waals surface area contributed by atoms with E-state index in [2.05, 4.69) is 15.3 Å². The van der Waals surface area contributed by atoms with Crippen LogP contribution in [0.3, 0.4) is 0 Å². The van der Waals surface area contributed by atoms with Crippen molar-refractivity contribution in [2.45, 2.75) is 0 Å². The molecule has 0 aliphatic rings. The molecule has 0 bridgehead atoms. The van der Waals surface area contributed by atoms with Crippen molar-refractivity contribution in [2.75, 3.05) is 46.0 Å². The number of benzene rings is 2. The zero-order valence-electron chi connectivity index (χ0n) is 16.1. The number of ether oxygens (including phenoxy) is 4. The van der Waals surface area contributed by atoms with Gasteiger partial charge in [0.1, 0.15) is 31.2 Å². The summed E-state index contributed by atoms with van der Waals surface area (Å²) in [5.74, 6) is 1.11. The number of rotatable bonds is 10. The van der Waals surface area contributed by atoms with Crippen LogP contribution in [-0.4, -0.2) is 50.6 Å². The maximum Gasteiger partial charge on any atom is 0.163 e. The summed E-state index contributed by atoms with van der Waals surface area (Å²) in [5.41, 5.74) is 1.25. The van der Waals surface area contributed by atoms with E-state index in [0.717, 1.165) is 0 Å². The fourth-order valence-corrected chi connectivity index (χ4v) is 2.75. The Bertz CT molecular complexity index is 974. The molecule has 0 atom stereocenters. The fraction of sp³-hybridized carbons (Fsp3) is 0.300. The van der Waals surface area contributed by atoms with Gasteiger partial charge in [-0.1, -0.05) is 11.6 Å². The van der Waals surface area contributed by atoms with Crippen molar-refractivity contribution in [1.82, 2.24) is 9.97 Å². The topological polar surface area (TPSA) is 74.7 Å². The lowest BCUT2D eigenvalue weighted by atomic mass is 10.2. The minimum Gasteiger partial charge on any atom is -0.487 e. The van der Waals surface area contributed by atoms with Gasteiger partial charge in [-0.3, -0.25) is 0 Å². The molecule has 1 aromatic heterocycles. The van der Waals surface area contributed by atoms with Gasteiger partial charge in [-0.2, -0.15) is 0 Å². The summed E-state index contributed by atoms with van der Waals surface area (Å²) >= 11 is 5.87. The number of hydrogen-bond donors (Lipinski definition) is 1. The second kappa shape index (κ2) is 10.2. The van der Waals surface area contributed by atoms with Crippen LogP contribution in [0, 0.1) is 5.82 Å². The molecule has 2 aromatic carbocycles. The number of halogens is 2. The molecule has 0 saturated heterocycles. The van der Waals surface area contributed by atoms with Gasteiger partial charge in [-0.05, 0) is 24.3 Å². The van der Waals surface area contributed by atoms with E-state index in [1.165, 1.54) is 18.5 Å². The number of aromatic nitrogens is 2. The molecule has 7 nitrogen and oxygen atoms in total. The third kappa shape index (κ3) is 5.44. The van der Waals surface area contributed by atoms with Crippen LogP contribution in [0.5, 0.6) is 11.5 Å². The van der Waals surface area contributed by atoms with Gasteiger partial charge < -0.3 is 24.3 Å². The minimum atomic E-state index is -0.489. The highest BCUT2D eigenvalue weighted by atomic mass is 35.5. The van der Waals surface area contributed by atoms with Crippen molar-refractivity contribution in [3.8, 4) is 11.5 Å². The Labute approximate surface area is 172 Å². The van der Waals surface area contributed by atoms with E-state index in [-0.39, 0.29) is 5.02 Å². The van der Waals surface area contributed by atoms with E-state index in [0.29, 0.717) is 60.3 Å². The number of nitrogens with one attached hydrogen (secondary N) is 1. The Kier molecular flexibility index (Phi) is 7.40. The Hall–Kier alpha value is -2.68. The van der Waals surface area contributed by atoms with E-state index < -0.39 is 5.82 Å². The Morgan fingerprint density at radius 2 is 1.62 bits per heavy atom. The van der Waals surface area contributed by atoms with Gasteiger partial charge in [-0.25, -0.2) is 14.4 Å². The maximum absolute atomic E-state index is 13.4. The molecule has 1 heterocycles. The number of hydrogen-bond acceptors (Lipinski definition) is 7. The van der Waals surface area contributed by atoms with E-state index in [4.69, 9.17) is 30.5 Å². The maximum atomic E-state index is 13.4. The van der Waals surface area contributed by atoms with Gasteiger partial charge in [0.25, 0.3) is 0 Å². The number of anilines is 2. The zero-order chi connectivity index (χ0) is 20.6. The molecule has 0 aliphatic carbocycles. The largest absolute Gasteiger partial charge is 0.487 e. The van der Waals surface area contributed by atoms with E-state index in [1.807, 2.05) is 0 Å². The first kappa shape index (κ1) is 21.0. The average Bonchev–Trinajstić information content (AvgIpc) is 2.71. The minimum absolute atomic E-state index is 0.0192. The monoisotopic (exact) mass is 421 g/mol. The normalized spacial score (nSPS) is 10.9. The summed E-state index contributed by atoms with van der Waals surface area (Å²) in [7, 11) is 3.20. The number of nitrogens with zero attached hydrogens (tertiary/aromatic N) is 2. The van der Waals surface area contributed by atoms with Gasteiger partial charge >= 0.3 is 0 Å². The molecule has 3 aromatic rings. The molecule has 0 fully saturated rings. The summed E-state index contributed by atoms with van der Waals surface area (Å²) < 4.78 is 35.1. The second-order valence-corrected chi connectivity index (χ2v) is 6.38. The van der Waals surface area contributed by atoms with Crippen molar-refractivity contribution in [1.29, 1.82) is 0 Å². The number of methoxy groups -OCH3 is 2. The van der Waals surface area contributed by atoms with Crippen LogP contribution in [0.2, 0.25) is 5.02 Å². The van der Waals surface area contributed by atoms with Gasteiger partial charge in [0.05, 0.1) is 23.8 Å². The van der Waals surface area contributed by atoms with Crippen LogP contribution in [0.15, 0.2) is 36.7 Å². The third-order valence-electron chi connectivity index (χ3n) is 3.97. The van der Waals surface area contributed by atoms with E-state index >= 15 is 0 Å². The van der Waals surface area contributed by atoms with Crippen molar-refractivity contribution in [3.05, 3.63) is 47.5 Å². The second-order valence-electron chi connectivity index (χ2n) is 5.97. The van der Waals surface area contributed by atoms with Gasteiger partial charge in [0, 0.05) is 31.4 Å². The highest BCUT2D eigenvalue weighted by Crippen LogP contribution is 2.35. The first-order chi connectivity index (χ1) is 14.1. The van der Waals surface area contributed by atoms with E-state index in [1.54, 1.807) is 32.4 Å². The molecule has 0 aliphatic heterocycles. The van der Waals surface area contributed by atoms with Crippen molar-refractivity contribution in [3.63, 3.8) is 0 Å². The standard InChI is InChI=1S/C20H21ClFN3O4/c1-26-5-7-28-18-10-14-17(11-19(18)29-8-6-27-2)23-12-24-20(14)25-13-3-4-16(22)15(21)9-13/h3-4,9-12H,5-8H2,1-2H3,(H,23,24,25). The molecule has 1 N–H and O–H groups in total. The lowest BCUT2D eigenvalue weighted by molar-refractivity contribution is 0.132. The Morgan fingerprint density at radius 3 is 2.28 bits per heavy atom. The lowest BCUT2D eigenvalue weighted by Gasteiger charge is -2.15. The van der Waals surface area contributed by atoms with Crippen LogP contribution in [0.1, 0.15) is 0 Å². The van der Waals surface area contributed by atoms with E-state index in [9.17, 15) is 4.39 Å².